The Morgan fingerprint density at radius 2 is 1.63 bits per heavy atom. The van der Waals surface area contributed by atoms with E-state index < -0.39 is 36.2 Å². The average molecular weight is 405 g/mol. The van der Waals surface area contributed by atoms with Gasteiger partial charge in [0.25, 0.3) is 0 Å². The number of imide groups is 2. The van der Waals surface area contributed by atoms with Crippen molar-refractivity contribution in [3.8, 4) is 0 Å². The van der Waals surface area contributed by atoms with E-state index in [9.17, 15) is 19.2 Å². The number of carbonyl (C=O) groups is 4. The van der Waals surface area contributed by atoms with Gasteiger partial charge in [0, 0.05) is 5.56 Å². The Bertz CT molecular complexity index is 946. The molecule has 4 amide bonds. The fourth-order valence-corrected chi connectivity index (χ4v) is 3.09. The summed E-state index contributed by atoms with van der Waals surface area (Å²) in [6.07, 6.45) is 0. The van der Waals surface area contributed by atoms with E-state index in [-0.39, 0.29) is 15.6 Å². The second-order valence-electron chi connectivity index (χ2n) is 5.99. The van der Waals surface area contributed by atoms with Crippen molar-refractivity contribution < 1.29 is 19.2 Å². The van der Waals surface area contributed by atoms with Crippen LogP contribution in [0.25, 0.3) is 0 Å². The van der Waals surface area contributed by atoms with Gasteiger partial charge < -0.3 is 0 Å². The molecular weight excluding hydrogens is 391 g/mol. The highest BCUT2D eigenvalue weighted by Gasteiger charge is 2.47. The Morgan fingerprint density at radius 3 is 2.26 bits per heavy atom. The maximum absolute atomic E-state index is 12.6. The lowest BCUT2D eigenvalue weighted by molar-refractivity contribution is -0.143. The topological polar surface area (TPSA) is 74.8 Å². The Balaban J connectivity index is 1.81. The van der Waals surface area contributed by atoms with Crippen LogP contribution in [-0.2, 0) is 9.59 Å². The van der Waals surface area contributed by atoms with Crippen LogP contribution in [0, 0.1) is 0 Å². The first-order valence-corrected chi connectivity index (χ1v) is 8.79. The molecule has 3 rings (SSSR count). The summed E-state index contributed by atoms with van der Waals surface area (Å²) in [4.78, 5) is 51.2. The summed E-state index contributed by atoms with van der Waals surface area (Å²) in [5.74, 6) is -2.52. The maximum atomic E-state index is 12.6. The number of benzene rings is 2. The molecule has 1 aliphatic rings. The molecule has 0 aliphatic carbocycles. The zero-order valence-electron chi connectivity index (χ0n) is 14.2. The molecule has 1 aliphatic heterocycles. The predicted molar refractivity (Wildman–Crippen MR) is 99.6 cm³/mol. The van der Waals surface area contributed by atoms with Crippen molar-refractivity contribution in [3.05, 3.63) is 69.7 Å². The minimum Gasteiger partial charge on any atom is -0.292 e. The molecule has 8 heteroatoms. The van der Waals surface area contributed by atoms with Gasteiger partial charge in [-0.15, -0.1) is 0 Å². The van der Waals surface area contributed by atoms with E-state index in [0.717, 1.165) is 4.90 Å². The third-order valence-corrected chi connectivity index (χ3v) is 5.04. The number of rotatable bonds is 5. The highest BCUT2D eigenvalue weighted by molar-refractivity contribution is 6.45. The molecule has 2 aromatic carbocycles. The number of carbonyl (C=O) groups excluding carboxylic acids is 4. The fourth-order valence-electron chi connectivity index (χ4n) is 2.79. The second-order valence-corrected chi connectivity index (χ2v) is 6.80. The zero-order valence-corrected chi connectivity index (χ0v) is 15.7. The smallest absolute Gasteiger partial charge is 0.292 e. The van der Waals surface area contributed by atoms with Gasteiger partial charge in [0.05, 0.1) is 22.6 Å². The van der Waals surface area contributed by atoms with Crippen molar-refractivity contribution in [2.45, 2.75) is 13.0 Å². The molecule has 0 spiro atoms. The minimum absolute atomic E-state index is 0.178. The highest BCUT2D eigenvalue weighted by atomic mass is 35.5. The number of nitrogens with zero attached hydrogens (tertiary/aromatic N) is 2. The molecule has 27 heavy (non-hydrogen) atoms. The quantitative estimate of drug-likeness (QED) is 0.432. The van der Waals surface area contributed by atoms with Gasteiger partial charge in [0.15, 0.2) is 5.78 Å². The zero-order chi connectivity index (χ0) is 19.7. The molecule has 1 fully saturated rings. The van der Waals surface area contributed by atoms with Crippen molar-refractivity contribution in [3.63, 3.8) is 0 Å². The van der Waals surface area contributed by atoms with Crippen LogP contribution in [0.1, 0.15) is 28.9 Å². The van der Waals surface area contributed by atoms with Crippen LogP contribution in [-0.4, -0.2) is 40.0 Å². The lowest BCUT2D eigenvalue weighted by Crippen LogP contribution is -2.37. The summed E-state index contributed by atoms with van der Waals surface area (Å²) >= 11 is 11.7. The Morgan fingerprint density at radius 1 is 0.963 bits per heavy atom. The van der Waals surface area contributed by atoms with Crippen LogP contribution in [0.15, 0.2) is 48.5 Å². The van der Waals surface area contributed by atoms with Crippen molar-refractivity contribution in [2.24, 2.45) is 0 Å². The van der Waals surface area contributed by atoms with E-state index in [4.69, 9.17) is 23.2 Å². The lowest BCUT2D eigenvalue weighted by atomic mass is 10.1. The van der Waals surface area contributed by atoms with E-state index in [1.165, 1.54) is 18.2 Å². The van der Waals surface area contributed by atoms with Crippen LogP contribution in [0.5, 0.6) is 0 Å². The third-order valence-electron chi connectivity index (χ3n) is 4.30. The van der Waals surface area contributed by atoms with Crippen molar-refractivity contribution in [1.82, 2.24) is 9.80 Å². The van der Waals surface area contributed by atoms with E-state index in [0.29, 0.717) is 10.5 Å². The van der Waals surface area contributed by atoms with Gasteiger partial charge in [0.2, 0.25) is 0 Å². The summed E-state index contributed by atoms with van der Waals surface area (Å²) in [5.41, 5.74) is 0.886. The van der Waals surface area contributed by atoms with Crippen LogP contribution < -0.4 is 0 Å². The average Bonchev–Trinajstić information content (AvgIpc) is 2.87. The molecule has 0 saturated carbocycles. The molecule has 1 saturated heterocycles. The normalized spacial score (nSPS) is 15.4. The van der Waals surface area contributed by atoms with Gasteiger partial charge in [-0.2, -0.15) is 0 Å². The maximum Gasteiger partial charge on any atom is 0.335 e. The summed E-state index contributed by atoms with van der Waals surface area (Å²) in [6.45, 7) is 1.09. The SMILES string of the molecule is CC(c1ccccc1)N1C(=O)C(=O)N(CC(=O)c2ccc(Cl)c(Cl)c2)C1=O. The number of amides is 4. The number of Topliss-reactive ketones (excluding diaryl/α,β-unsaturated/α-hetero) is 1. The van der Waals surface area contributed by atoms with E-state index >= 15 is 0 Å². The minimum atomic E-state index is -1.03. The molecule has 6 nitrogen and oxygen atoms in total. The van der Waals surface area contributed by atoms with Gasteiger partial charge in [-0.25, -0.2) is 14.6 Å². The highest BCUT2D eigenvalue weighted by Crippen LogP contribution is 2.27. The lowest BCUT2D eigenvalue weighted by Gasteiger charge is -2.22. The molecule has 0 aromatic heterocycles. The standard InChI is InChI=1S/C19H14Cl2N2O4/c1-11(12-5-3-2-4-6-12)23-18(26)17(25)22(19(23)27)10-16(24)13-7-8-14(20)15(21)9-13/h2-9,11H,10H2,1H3. The largest absolute Gasteiger partial charge is 0.335 e. The summed E-state index contributed by atoms with van der Waals surface area (Å²) in [7, 11) is 0. The first-order valence-electron chi connectivity index (χ1n) is 8.03. The van der Waals surface area contributed by atoms with Gasteiger partial charge in [-0.1, -0.05) is 53.5 Å². The van der Waals surface area contributed by atoms with Crippen LogP contribution >= 0.6 is 23.2 Å². The van der Waals surface area contributed by atoms with Crippen molar-refractivity contribution in [2.75, 3.05) is 6.54 Å². The Kier molecular flexibility index (Phi) is 5.30. The van der Waals surface area contributed by atoms with Gasteiger partial charge in [-0.3, -0.25) is 14.4 Å². The van der Waals surface area contributed by atoms with E-state index in [1.54, 1.807) is 37.3 Å². The number of urea groups is 1. The number of halogens is 2. The number of hydrogen-bond acceptors (Lipinski definition) is 4. The molecule has 0 N–H and O–H groups in total. The molecule has 1 atom stereocenters. The number of hydrogen-bond donors (Lipinski definition) is 0. The van der Waals surface area contributed by atoms with Gasteiger partial charge >= 0.3 is 17.8 Å². The van der Waals surface area contributed by atoms with Crippen molar-refractivity contribution in [1.29, 1.82) is 0 Å². The van der Waals surface area contributed by atoms with E-state index in [1.807, 2.05) is 0 Å². The first-order chi connectivity index (χ1) is 12.8. The van der Waals surface area contributed by atoms with Crippen LogP contribution in [0.3, 0.4) is 0 Å². The molecule has 1 unspecified atom stereocenters. The molecule has 138 valence electrons. The number of ketones is 1. The molecular formula is C19H14Cl2N2O4. The van der Waals surface area contributed by atoms with Crippen molar-refractivity contribution >= 4 is 46.8 Å². The van der Waals surface area contributed by atoms with Crippen LogP contribution in [0.4, 0.5) is 4.79 Å². The summed E-state index contributed by atoms with van der Waals surface area (Å²) < 4.78 is 0. The molecule has 0 radical (unpaired) electrons. The Labute approximate surface area is 165 Å². The predicted octanol–water partition coefficient (Wildman–Crippen LogP) is 3.73. The van der Waals surface area contributed by atoms with Gasteiger partial charge in [0.1, 0.15) is 0 Å². The third kappa shape index (κ3) is 3.59. The first kappa shape index (κ1) is 19.1. The molecule has 2 aromatic rings. The molecule has 1 heterocycles. The molecule has 0 bridgehead atoms. The van der Waals surface area contributed by atoms with Gasteiger partial charge in [-0.05, 0) is 30.7 Å². The fraction of sp³-hybridized carbons (Fsp3) is 0.158. The summed E-state index contributed by atoms with van der Waals surface area (Å²) in [6, 6.07) is 11.6. The summed E-state index contributed by atoms with van der Waals surface area (Å²) in [5, 5.41) is 0.455. The monoisotopic (exact) mass is 404 g/mol. The van der Waals surface area contributed by atoms with E-state index in [2.05, 4.69) is 0 Å². The Hall–Kier alpha value is -2.70. The van der Waals surface area contributed by atoms with Crippen LogP contribution in [0.2, 0.25) is 10.0 Å². The second kappa shape index (κ2) is 7.50.